The van der Waals surface area contributed by atoms with Crippen LogP contribution in [-0.2, 0) is 0 Å². The summed E-state index contributed by atoms with van der Waals surface area (Å²) in [4.78, 5) is 4.41. The maximum atomic E-state index is 13.1. The van der Waals surface area contributed by atoms with Crippen molar-refractivity contribution in [3.05, 3.63) is 53.3 Å². The normalized spacial score (nSPS) is 10.9. The average molecular weight is 272 g/mol. The van der Waals surface area contributed by atoms with Crippen molar-refractivity contribution in [1.29, 1.82) is 0 Å². The van der Waals surface area contributed by atoms with Gasteiger partial charge in [-0.1, -0.05) is 23.5 Å². The number of benzene rings is 2. The minimum atomic E-state index is -0.254. The summed E-state index contributed by atoms with van der Waals surface area (Å²) in [7, 11) is 0. The number of aromatic nitrogens is 1. The fourth-order valence-electron chi connectivity index (χ4n) is 1.96. The molecular formula is C15H13FN2S. The van der Waals surface area contributed by atoms with Crippen molar-refractivity contribution in [2.75, 3.05) is 5.32 Å². The molecule has 0 aliphatic rings. The molecule has 0 saturated heterocycles. The van der Waals surface area contributed by atoms with Crippen molar-refractivity contribution >= 4 is 32.4 Å². The molecule has 0 amide bonds. The van der Waals surface area contributed by atoms with Crippen LogP contribution in [0.25, 0.3) is 10.2 Å². The van der Waals surface area contributed by atoms with E-state index in [0.717, 1.165) is 15.5 Å². The molecule has 2 nitrogen and oxygen atoms in total. The molecule has 1 N–H and O–H groups in total. The maximum absolute atomic E-state index is 13.1. The molecule has 0 spiro atoms. The van der Waals surface area contributed by atoms with Crippen LogP contribution in [0.3, 0.4) is 0 Å². The van der Waals surface area contributed by atoms with Gasteiger partial charge >= 0.3 is 0 Å². The minimum Gasteiger partial charge on any atom is -0.331 e. The summed E-state index contributed by atoms with van der Waals surface area (Å²) in [6.07, 6.45) is 0. The Balaban J connectivity index is 1.99. The van der Waals surface area contributed by atoms with Gasteiger partial charge in [-0.2, -0.15) is 0 Å². The molecular weight excluding hydrogens is 259 g/mol. The lowest BCUT2D eigenvalue weighted by Gasteiger charge is -2.08. The number of nitrogens with zero attached hydrogens (tertiary/aromatic N) is 1. The average Bonchev–Trinajstić information content (AvgIpc) is 2.76. The number of thiazole rings is 1. The molecule has 2 aromatic carbocycles. The highest BCUT2D eigenvalue weighted by Crippen LogP contribution is 2.30. The van der Waals surface area contributed by atoms with Gasteiger partial charge in [-0.05, 0) is 43.2 Å². The van der Waals surface area contributed by atoms with E-state index in [1.165, 1.54) is 34.6 Å². The predicted octanol–water partition coefficient (Wildman–Crippen LogP) is 4.80. The predicted molar refractivity (Wildman–Crippen MR) is 78.8 cm³/mol. The first-order valence-electron chi connectivity index (χ1n) is 6.03. The topological polar surface area (TPSA) is 24.9 Å². The van der Waals surface area contributed by atoms with Gasteiger partial charge in [0.1, 0.15) is 5.82 Å². The Morgan fingerprint density at radius 2 is 2.00 bits per heavy atom. The molecule has 0 aliphatic carbocycles. The molecule has 0 bridgehead atoms. The van der Waals surface area contributed by atoms with Gasteiger partial charge in [-0.25, -0.2) is 9.37 Å². The smallest absolute Gasteiger partial charge is 0.188 e. The van der Waals surface area contributed by atoms with Crippen LogP contribution in [0, 0.1) is 19.7 Å². The number of halogens is 1. The second-order valence-electron chi connectivity index (χ2n) is 4.50. The Hall–Kier alpha value is -1.94. The molecule has 96 valence electrons. The van der Waals surface area contributed by atoms with Crippen molar-refractivity contribution in [3.8, 4) is 0 Å². The molecule has 0 unspecified atom stereocenters. The lowest BCUT2D eigenvalue weighted by atomic mass is 10.1. The summed E-state index contributed by atoms with van der Waals surface area (Å²) in [5.74, 6) is -0.254. The van der Waals surface area contributed by atoms with Crippen LogP contribution in [-0.4, -0.2) is 4.98 Å². The molecule has 1 aromatic heterocycles. The van der Waals surface area contributed by atoms with Crippen molar-refractivity contribution in [1.82, 2.24) is 4.98 Å². The molecule has 1 heterocycles. The monoisotopic (exact) mass is 272 g/mol. The molecule has 0 saturated carbocycles. The first-order chi connectivity index (χ1) is 9.13. The first kappa shape index (κ1) is 12.1. The fraction of sp³-hybridized carbons (Fsp3) is 0.133. The number of hydrogen-bond donors (Lipinski definition) is 1. The van der Waals surface area contributed by atoms with Crippen LogP contribution in [0.4, 0.5) is 15.2 Å². The highest BCUT2D eigenvalue weighted by atomic mass is 32.1. The van der Waals surface area contributed by atoms with Gasteiger partial charge in [0.25, 0.3) is 0 Å². The van der Waals surface area contributed by atoms with Crippen LogP contribution in [0.2, 0.25) is 0 Å². The van der Waals surface area contributed by atoms with E-state index in [4.69, 9.17) is 0 Å². The Kier molecular flexibility index (Phi) is 2.95. The highest BCUT2D eigenvalue weighted by molar-refractivity contribution is 7.22. The lowest BCUT2D eigenvalue weighted by Crippen LogP contribution is -1.93. The molecule has 19 heavy (non-hydrogen) atoms. The number of aryl methyl sites for hydroxylation is 1. The second-order valence-corrected chi connectivity index (χ2v) is 5.53. The summed E-state index contributed by atoms with van der Waals surface area (Å²) in [5.41, 5.74) is 4.17. The quantitative estimate of drug-likeness (QED) is 0.725. The van der Waals surface area contributed by atoms with E-state index in [1.807, 2.05) is 12.1 Å². The summed E-state index contributed by atoms with van der Waals surface area (Å²) < 4.78 is 14.1. The zero-order valence-corrected chi connectivity index (χ0v) is 11.5. The third-order valence-corrected chi connectivity index (χ3v) is 4.15. The SMILES string of the molecule is Cc1cccc(Nc2nc3cc(F)ccc3s2)c1C. The third kappa shape index (κ3) is 2.31. The molecule has 4 heteroatoms. The van der Waals surface area contributed by atoms with Gasteiger partial charge in [-0.15, -0.1) is 0 Å². The third-order valence-electron chi connectivity index (χ3n) is 3.20. The summed E-state index contributed by atoms with van der Waals surface area (Å²) >= 11 is 1.53. The molecule has 3 rings (SSSR count). The van der Waals surface area contributed by atoms with Crippen molar-refractivity contribution in [2.24, 2.45) is 0 Å². The van der Waals surface area contributed by atoms with Crippen molar-refractivity contribution < 1.29 is 4.39 Å². The maximum Gasteiger partial charge on any atom is 0.188 e. The van der Waals surface area contributed by atoms with E-state index in [1.54, 1.807) is 6.07 Å². The van der Waals surface area contributed by atoms with Gasteiger partial charge in [0, 0.05) is 11.8 Å². The lowest BCUT2D eigenvalue weighted by molar-refractivity contribution is 0.629. The second kappa shape index (κ2) is 4.63. The Morgan fingerprint density at radius 1 is 1.16 bits per heavy atom. The molecule has 0 radical (unpaired) electrons. The van der Waals surface area contributed by atoms with E-state index in [0.29, 0.717) is 5.52 Å². The van der Waals surface area contributed by atoms with Gasteiger partial charge in [0.05, 0.1) is 10.2 Å². The van der Waals surface area contributed by atoms with Crippen LogP contribution >= 0.6 is 11.3 Å². The van der Waals surface area contributed by atoms with E-state index in [-0.39, 0.29) is 5.82 Å². The Morgan fingerprint density at radius 3 is 2.84 bits per heavy atom. The zero-order chi connectivity index (χ0) is 13.4. The van der Waals surface area contributed by atoms with Crippen LogP contribution in [0.15, 0.2) is 36.4 Å². The van der Waals surface area contributed by atoms with Gasteiger partial charge < -0.3 is 5.32 Å². The van der Waals surface area contributed by atoms with Crippen LogP contribution in [0.1, 0.15) is 11.1 Å². The largest absolute Gasteiger partial charge is 0.331 e. The first-order valence-corrected chi connectivity index (χ1v) is 6.84. The van der Waals surface area contributed by atoms with Crippen molar-refractivity contribution in [2.45, 2.75) is 13.8 Å². The molecule has 0 fully saturated rings. The molecule has 3 aromatic rings. The Labute approximate surface area is 114 Å². The fourth-order valence-corrected chi connectivity index (χ4v) is 2.81. The number of anilines is 2. The van der Waals surface area contributed by atoms with Crippen molar-refractivity contribution in [3.63, 3.8) is 0 Å². The van der Waals surface area contributed by atoms with Gasteiger partial charge in [-0.3, -0.25) is 0 Å². The zero-order valence-electron chi connectivity index (χ0n) is 10.7. The summed E-state index contributed by atoms with van der Waals surface area (Å²) in [5, 5.41) is 4.09. The van der Waals surface area contributed by atoms with Gasteiger partial charge in [0.15, 0.2) is 5.13 Å². The van der Waals surface area contributed by atoms with Crippen LogP contribution in [0.5, 0.6) is 0 Å². The summed E-state index contributed by atoms with van der Waals surface area (Å²) in [6, 6.07) is 10.8. The van der Waals surface area contributed by atoms with E-state index >= 15 is 0 Å². The standard InChI is InChI=1S/C15H13FN2S/c1-9-4-3-5-12(10(9)2)17-15-18-13-8-11(16)6-7-14(13)19-15/h3-8H,1-2H3,(H,17,18). The number of rotatable bonds is 2. The highest BCUT2D eigenvalue weighted by Gasteiger charge is 2.07. The number of fused-ring (bicyclic) bond motifs is 1. The summed E-state index contributed by atoms with van der Waals surface area (Å²) in [6.45, 7) is 4.15. The van der Waals surface area contributed by atoms with E-state index in [9.17, 15) is 4.39 Å². The van der Waals surface area contributed by atoms with E-state index in [2.05, 4.69) is 30.2 Å². The number of hydrogen-bond acceptors (Lipinski definition) is 3. The molecule has 0 aliphatic heterocycles. The van der Waals surface area contributed by atoms with Crippen LogP contribution < -0.4 is 5.32 Å². The molecule has 0 atom stereocenters. The number of nitrogens with one attached hydrogen (secondary N) is 1. The van der Waals surface area contributed by atoms with E-state index < -0.39 is 0 Å². The Bertz CT molecular complexity index is 749. The minimum absolute atomic E-state index is 0.254. The van der Waals surface area contributed by atoms with Gasteiger partial charge in [0.2, 0.25) is 0 Å².